The number of isothiocyanates is 1. The molecule has 0 aromatic rings. The van der Waals surface area contributed by atoms with E-state index in [0.717, 1.165) is 24.1 Å². The molecule has 0 heterocycles. The van der Waals surface area contributed by atoms with Gasteiger partial charge in [0.2, 0.25) is 0 Å². The van der Waals surface area contributed by atoms with Crippen LogP contribution in [0.1, 0.15) is 20.8 Å². The van der Waals surface area contributed by atoms with Gasteiger partial charge in [0.1, 0.15) is 12.6 Å². The Hall–Kier alpha value is 0.490. The second-order valence-corrected chi connectivity index (χ2v) is 3.69. The van der Waals surface area contributed by atoms with E-state index < -0.39 is 0 Å². The van der Waals surface area contributed by atoms with Crippen LogP contribution in [0.3, 0.4) is 0 Å². The van der Waals surface area contributed by atoms with Crippen LogP contribution >= 0.6 is 12.2 Å². The third kappa shape index (κ3) is 6.55. The number of likely N-dealkylation sites (N-methyl/N-ethyl adjacent to an activating group) is 1. The molecule has 1 atom stereocenters. The summed E-state index contributed by atoms with van der Waals surface area (Å²) in [6, 6.07) is 0.299. The molecule has 0 aliphatic heterocycles. The molecule has 4 heteroatoms. The Labute approximate surface area is 104 Å². The maximum atomic E-state index is 4.57. The van der Waals surface area contributed by atoms with Crippen molar-refractivity contribution >= 4 is 17.4 Å². The lowest BCUT2D eigenvalue weighted by Crippen LogP contribution is -3.00. The van der Waals surface area contributed by atoms with Crippen LogP contribution < -0.4 is 24.0 Å². The molecule has 0 saturated carbocycles. The Morgan fingerprint density at radius 1 is 1.38 bits per heavy atom. The molecule has 0 aromatic heterocycles. The number of rotatable bonds is 5. The first-order chi connectivity index (χ1) is 5.58. The zero-order chi connectivity index (χ0) is 9.61. The first kappa shape index (κ1) is 15.9. The van der Waals surface area contributed by atoms with Gasteiger partial charge in [0, 0.05) is 0 Å². The first-order valence-electron chi connectivity index (χ1n) is 4.48. The van der Waals surface area contributed by atoms with Gasteiger partial charge < -0.3 is 28.5 Å². The highest BCUT2D eigenvalue weighted by molar-refractivity contribution is 7.78. The minimum Gasteiger partial charge on any atom is -1.00 e. The zero-order valence-corrected chi connectivity index (χ0v) is 11.9. The van der Waals surface area contributed by atoms with Crippen molar-refractivity contribution in [2.45, 2.75) is 26.8 Å². The third-order valence-corrected chi connectivity index (χ3v) is 2.61. The molecule has 0 bridgehead atoms. The van der Waals surface area contributed by atoms with Crippen molar-refractivity contribution in [2.24, 2.45) is 4.99 Å². The van der Waals surface area contributed by atoms with Crippen LogP contribution in [-0.2, 0) is 0 Å². The second kappa shape index (κ2) is 7.85. The number of aliphatic imine (C=N–C) groups is 1. The standard InChI is InChI=1S/C9H19N2S.HI/c1-5-11(4,6-2)7-9(3)10-8-12;/h9H,5-7H2,1-4H3;1H/q+1;/p-1. The quantitative estimate of drug-likeness (QED) is 0.274. The summed E-state index contributed by atoms with van der Waals surface area (Å²) in [4.78, 5) is 4.05. The first-order valence-corrected chi connectivity index (χ1v) is 4.89. The predicted molar refractivity (Wildman–Crippen MR) is 56.6 cm³/mol. The van der Waals surface area contributed by atoms with Gasteiger partial charge in [-0.15, -0.1) is 0 Å². The number of hydrogen-bond acceptors (Lipinski definition) is 2. The number of nitrogens with zero attached hydrogens (tertiary/aromatic N) is 2. The van der Waals surface area contributed by atoms with E-state index in [1.165, 1.54) is 0 Å². The minimum absolute atomic E-state index is 0. The van der Waals surface area contributed by atoms with E-state index in [1.54, 1.807) is 0 Å². The molecule has 0 amide bonds. The smallest absolute Gasteiger partial charge is 0.106 e. The lowest BCUT2D eigenvalue weighted by Gasteiger charge is -2.33. The summed E-state index contributed by atoms with van der Waals surface area (Å²) in [5, 5.41) is 2.44. The molecule has 2 nitrogen and oxygen atoms in total. The summed E-state index contributed by atoms with van der Waals surface area (Å²) >= 11 is 4.57. The van der Waals surface area contributed by atoms with E-state index in [1.807, 2.05) is 0 Å². The van der Waals surface area contributed by atoms with Crippen LogP contribution in [-0.4, -0.2) is 42.4 Å². The average molecular weight is 314 g/mol. The van der Waals surface area contributed by atoms with E-state index in [0.29, 0.717) is 6.04 Å². The fourth-order valence-electron chi connectivity index (χ4n) is 1.25. The van der Waals surface area contributed by atoms with E-state index in [2.05, 4.69) is 50.2 Å². The van der Waals surface area contributed by atoms with Gasteiger partial charge in [-0.3, -0.25) is 0 Å². The maximum absolute atomic E-state index is 4.57. The fourth-order valence-corrected chi connectivity index (χ4v) is 1.43. The van der Waals surface area contributed by atoms with Crippen molar-refractivity contribution in [1.29, 1.82) is 0 Å². The molecule has 0 saturated heterocycles. The Balaban J connectivity index is 0. The van der Waals surface area contributed by atoms with Crippen LogP contribution in [0.5, 0.6) is 0 Å². The molecular formula is C9H19IN2S. The van der Waals surface area contributed by atoms with Gasteiger partial charge in [-0.25, -0.2) is 4.99 Å². The van der Waals surface area contributed by atoms with Gasteiger partial charge in [-0.1, -0.05) is 0 Å². The average Bonchev–Trinajstić information content (AvgIpc) is 2.05. The van der Waals surface area contributed by atoms with Gasteiger partial charge in [0.05, 0.1) is 25.3 Å². The minimum atomic E-state index is 0. The van der Waals surface area contributed by atoms with Gasteiger partial charge >= 0.3 is 0 Å². The largest absolute Gasteiger partial charge is 1.00 e. The summed E-state index contributed by atoms with van der Waals surface area (Å²) in [5.74, 6) is 0. The Morgan fingerprint density at radius 2 is 1.85 bits per heavy atom. The van der Waals surface area contributed by atoms with E-state index in [-0.39, 0.29) is 24.0 Å². The SMILES string of the molecule is CC[N+](C)(CC)CC(C)N=C=S.[I-]. The summed E-state index contributed by atoms with van der Waals surface area (Å²) in [6.45, 7) is 9.84. The molecule has 0 radical (unpaired) electrons. The number of thiocarbonyl (C=S) groups is 1. The van der Waals surface area contributed by atoms with Crippen molar-refractivity contribution < 1.29 is 28.5 Å². The molecule has 78 valence electrons. The third-order valence-electron chi connectivity index (χ3n) is 2.50. The van der Waals surface area contributed by atoms with Crippen molar-refractivity contribution in [3.05, 3.63) is 0 Å². The lowest BCUT2D eigenvalue weighted by atomic mass is 10.2. The topological polar surface area (TPSA) is 12.4 Å². The van der Waals surface area contributed by atoms with E-state index in [9.17, 15) is 0 Å². The Kier molecular flexibility index (Phi) is 9.63. The number of halogens is 1. The van der Waals surface area contributed by atoms with Crippen LogP contribution in [0.4, 0.5) is 0 Å². The summed E-state index contributed by atoms with van der Waals surface area (Å²) in [5.41, 5.74) is 0. The van der Waals surface area contributed by atoms with Gasteiger partial charge in [0.25, 0.3) is 0 Å². The normalized spacial score (nSPS) is 12.6. The van der Waals surface area contributed by atoms with Crippen LogP contribution in [0.2, 0.25) is 0 Å². The molecule has 1 unspecified atom stereocenters. The summed E-state index contributed by atoms with van der Waals surface area (Å²) in [6.07, 6.45) is 0. The molecule has 0 aliphatic carbocycles. The molecule has 0 fully saturated rings. The molecule has 13 heavy (non-hydrogen) atoms. The van der Waals surface area contributed by atoms with E-state index >= 15 is 0 Å². The maximum Gasteiger partial charge on any atom is 0.106 e. The Morgan fingerprint density at radius 3 is 2.15 bits per heavy atom. The number of quaternary nitrogens is 1. The summed E-state index contributed by atoms with van der Waals surface area (Å²) < 4.78 is 1.06. The highest BCUT2D eigenvalue weighted by Crippen LogP contribution is 2.04. The van der Waals surface area contributed by atoms with E-state index in [4.69, 9.17) is 0 Å². The van der Waals surface area contributed by atoms with Gasteiger partial charge in [-0.2, -0.15) is 0 Å². The van der Waals surface area contributed by atoms with Crippen molar-refractivity contribution in [1.82, 2.24) is 0 Å². The lowest BCUT2D eigenvalue weighted by molar-refractivity contribution is -0.906. The second-order valence-electron chi connectivity index (χ2n) is 3.50. The van der Waals surface area contributed by atoms with Gasteiger partial charge in [-0.05, 0) is 33.0 Å². The molecular weight excluding hydrogens is 295 g/mol. The predicted octanol–water partition coefficient (Wildman–Crippen LogP) is -1.03. The van der Waals surface area contributed by atoms with Crippen LogP contribution in [0.15, 0.2) is 4.99 Å². The molecule has 0 aromatic carbocycles. The van der Waals surface area contributed by atoms with Crippen LogP contribution in [0, 0.1) is 0 Å². The monoisotopic (exact) mass is 314 g/mol. The fraction of sp³-hybridized carbons (Fsp3) is 0.889. The van der Waals surface area contributed by atoms with Crippen molar-refractivity contribution in [2.75, 3.05) is 26.7 Å². The Bertz CT molecular complexity index is 174. The molecule has 0 N–H and O–H groups in total. The van der Waals surface area contributed by atoms with Crippen molar-refractivity contribution in [3.63, 3.8) is 0 Å². The highest BCUT2D eigenvalue weighted by Gasteiger charge is 2.19. The number of hydrogen-bond donors (Lipinski definition) is 0. The molecule has 0 spiro atoms. The van der Waals surface area contributed by atoms with Crippen LogP contribution in [0.25, 0.3) is 0 Å². The zero-order valence-electron chi connectivity index (χ0n) is 8.88. The van der Waals surface area contributed by atoms with Crippen molar-refractivity contribution in [3.8, 4) is 0 Å². The summed E-state index contributed by atoms with van der Waals surface area (Å²) in [7, 11) is 2.25. The molecule has 0 aliphatic rings. The van der Waals surface area contributed by atoms with Gasteiger partial charge in [0.15, 0.2) is 0 Å². The molecule has 0 rings (SSSR count). The highest BCUT2D eigenvalue weighted by atomic mass is 127.